The molecule has 6 nitrogen and oxygen atoms in total. The largest absolute Gasteiger partial charge is 0.329 e. The summed E-state index contributed by atoms with van der Waals surface area (Å²) in [5.74, 6) is 0. The minimum atomic E-state index is -3.27. The Morgan fingerprint density at radius 1 is 1.19 bits per heavy atom. The molecule has 1 aromatic carbocycles. The van der Waals surface area contributed by atoms with Gasteiger partial charge in [0.25, 0.3) is 0 Å². The zero-order valence-corrected chi connectivity index (χ0v) is 13.0. The molecular formula is C13H12N4O2S2. The number of hydrogen-bond acceptors (Lipinski definition) is 6. The molecule has 0 unspecified atom stereocenters. The zero-order valence-electron chi connectivity index (χ0n) is 11.4. The van der Waals surface area contributed by atoms with Gasteiger partial charge in [0.15, 0.2) is 15.0 Å². The van der Waals surface area contributed by atoms with Crippen LogP contribution in [0.1, 0.15) is 0 Å². The number of sulfone groups is 1. The summed E-state index contributed by atoms with van der Waals surface area (Å²) in [5, 5.41) is 2.16. The standard InChI is InChI=1S/C13H12N4O2S2/c1-17-6-5-14-13(17)20-12-10-7-9(21(2,18)19)3-4-11(10)15-8-16-12/h3-8H,1-2H3. The van der Waals surface area contributed by atoms with Crippen LogP contribution in [-0.4, -0.2) is 34.2 Å². The molecule has 0 N–H and O–H groups in total. The normalized spacial score (nSPS) is 11.9. The molecule has 3 aromatic rings. The number of nitrogens with zero attached hydrogens (tertiary/aromatic N) is 4. The van der Waals surface area contributed by atoms with Crippen molar-refractivity contribution in [2.45, 2.75) is 15.1 Å². The lowest BCUT2D eigenvalue weighted by Gasteiger charge is -2.06. The van der Waals surface area contributed by atoms with Gasteiger partial charge in [-0.2, -0.15) is 0 Å². The molecule has 0 aliphatic carbocycles. The molecule has 8 heteroatoms. The van der Waals surface area contributed by atoms with E-state index in [0.29, 0.717) is 15.9 Å². The molecule has 108 valence electrons. The molecule has 0 radical (unpaired) electrons. The van der Waals surface area contributed by atoms with E-state index in [1.165, 1.54) is 24.3 Å². The first-order valence-corrected chi connectivity index (χ1v) is 8.76. The fraction of sp³-hybridized carbons (Fsp3) is 0.154. The van der Waals surface area contributed by atoms with Gasteiger partial charge < -0.3 is 4.57 Å². The summed E-state index contributed by atoms with van der Waals surface area (Å²) in [4.78, 5) is 12.9. The molecule has 0 amide bonds. The number of aromatic nitrogens is 4. The fourth-order valence-corrected chi connectivity index (χ4v) is 3.37. The van der Waals surface area contributed by atoms with Gasteiger partial charge in [-0.25, -0.2) is 23.4 Å². The van der Waals surface area contributed by atoms with Gasteiger partial charge in [0.05, 0.1) is 10.4 Å². The van der Waals surface area contributed by atoms with Crippen LogP contribution in [0.25, 0.3) is 10.9 Å². The highest BCUT2D eigenvalue weighted by Crippen LogP contribution is 2.30. The third kappa shape index (κ3) is 2.77. The summed E-state index contributed by atoms with van der Waals surface area (Å²) in [6.07, 6.45) is 6.19. The molecule has 0 saturated carbocycles. The van der Waals surface area contributed by atoms with Crippen molar-refractivity contribution in [3.8, 4) is 0 Å². The Labute approximate surface area is 126 Å². The van der Waals surface area contributed by atoms with Crippen molar-refractivity contribution in [1.29, 1.82) is 0 Å². The smallest absolute Gasteiger partial charge is 0.175 e. The lowest BCUT2D eigenvalue weighted by Crippen LogP contribution is -1.98. The van der Waals surface area contributed by atoms with E-state index in [9.17, 15) is 8.42 Å². The van der Waals surface area contributed by atoms with E-state index in [1.54, 1.807) is 24.4 Å². The van der Waals surface area contributed by atoms with E-state index in [0.717, 1.165) is 5.16 Å². The Hall–Kier alpha value is -1.93. The van der Waals surface area contributed by atoms with E-state index in [4.69, 9.17) is 0 Å². The van der Waals surface area contributed by atoms with E-state index in [2.05, 4.69) is 15.0 Å². The monoisotopic (exact) mass is 320 g/mol. The van der Waals surface area contributed by atoms with Crippen LogP contribution in [0.5, 0.6) is 0 Å². The summed E-state index contributed by atoms with van der Waals surface area (Å²) >= 11 is 1.38. The van der Waals surface area contributed by atoms with Crippen molar-refractivity contribution in [3.05, 3.63) is 36.9 Å². The van der Waals surface area contributed by atoms with Gasteiger partial charge in [0, 0.05) is 31.1 Å². The number of imidazole rings is 1. The van der Waals surface area contributed by atoms with Gasteiger partial charge in [-0.15, -0.1) is 0 Å². The van der Waals surface area contributed by atoms with Crippen molar-refractivity contribution in [2.24, 2.45) is 7.05 Å². The van der Waals surface area contributed by atoms with Crippen molar-refractivity contribution in [2.75, 3.05) is 6.26 Å². The van der Waals surface area contributed by atoms with Gasteiger partial charge >= 0.3 is 0 Å². The van der Waals surface area contributed by atoms with Gasteiger partial charge in [-0.05, 0) is 30.0 Å². The van der Waals surface area contributed by atoms with Crippen LogP contribution in [0.3, 0.4) is 0 Å². The number of fused-ring (bicyclic) bond motifs is 1. The molecule has 0 aliphatic heterocycles. The Morgan fingerprint density at radius 2 is 2.00 bits per heavy atom. The number of benzene rings is 1. The van der Waals surface area contributed by atoms with Crippen molar-refractivity contribution < 1.29 is 8.42 Å². The minimum Gasteiger partial charge on any atom is -0.329 e. The Bertz CT molecular complexity index is 919. The third-order valence-electron chi connectivity index (χ3n) is 2.96. The predicted molar refractivity (Wildman–Crippen MR) is 80.0 cm³/mol. The highest BCUT2D eigenvalue weighted by molar-refractivity contribution is 7.99. The minimum absolute atomic E-state index is 0.256. The molecule has 0 saturated heterocycles. The maximum absolute atomic E-state index is 11.7. The van der Waals surface area contributed by atoms with E-state index in [-0.39, 0.29) is 4.90 Å². The first-order valence-electron chi connectivity index (χ1n) is 6.05. The second kappa shape index (κ2) is 5.12. The quantitative estimate of drug-likeness (QED) is 0.686. The summed E-state index contributed by atoms with van der Waals surface area (Å²) in [6, 6.07) is 4.85. The second-order valence-corrected chi connectivity index (χ2v) is 7.52. The molecule has 2 aromatic heterocycles. The van der Waals surface area contributed by atoms with Gasteiger partial charge in [0.2, 0.25) is 0 Å². The van der Waals surface area contributed by atoms with E-state index in [1.807, 2.05) is 17.8 Å². The van der Waals surface area contributed by atoms with Crippen LogP contribution < -0.4 is 0 Å². The molecule has 0 fully saturated rings. The van der Waals surface area contributed by atoms with Crippen LogP contribution in [0.15, 0.2) is 52.0 Å². The second-order valence-electron chi connectivity index (χ2n) is 4.55. The highest BCUT2D eigenvalue weighted by Gasteiger charge is 2.13. The maximum atomic E-state index is 11.7. The average Bonchev–Trinajstić information content (AvgIpc) is 2.83. The van der Waals surface area contributed by atoms with Gasteiger partial charge in [0.1, 0.15) is 11.4 Å². The molecule has 0 spiro atoms. The average molecular weight is 320 g/mol. The molecule has 2 heterocycles. The summed E-state index contributed by atoms with van der Waals surface area (Å²) in [5.41, 5.74) is 0.703. The summed E-state index contributed by atoms with van der Waals surface area (Å²) in [7, 11) is -1.38. The number of hydrogen-bond donors (Lipinski definition) is 0. The fourth-order valence-electron chi connectivity index (χ4n) is 1.86. The Kier molecular flexibility index (Phi) is 3.42. The maximum Gasteiger partial charge on any atom is 0.175 e. The van der Waals surface area contributed by atoms with Crippen molar-refractivity contribution in [3.63, 3.8) is 0 Å². The zero-order chi connectivity index (χ0) is 15.0. The predicted octanol–water partition coefficient (Wildman–Crippen LogP) is 1.92. The molecule has 3 rings (SSSR count). The van der Waals surface area contributed by atoms with Crippen LogP contribution in [0.4, 0.5) is 0 Å². The van der Waals surface area contributed by atoms with E-state index < -0.39 is 9.84 Å². The Morgan fingerprint density at radius 3 is 2.67 bits per heavy atom. The molecule has 0 atom stereocenters. The Balaban J connectivity index is 2.16. The lowest BCUT2D eigenvalue weighted by atomic mass is 10.2. The number of aryl methyl sites for hydroxylation is 1. The molecule has 0 bridgehead atoms. The lowest BCUT2D eigenvalue weighted by molar-refractivity contribution is 0.602. The van der Waals surface area contributed by atoms with Crippen LogP contribution >= 0.6 is 11.8 Å². The number of rotatable bonds is 3. The van der Waals surface area contributed by atoms with Gasteiger partial charge in [-0.1, -0.05) is 0 Å². The van der Waals surface area contributed by atoms with Crippen molar-refractivity contribution in [1.82, 2.24) is 19.5 Å². The molecule has 0 aliphatic rings. The van der Waals surface area contributed by atoms with Crippen molar-refractivity contribution >= 4 is 32.5 Å². The third-order valence-corrected chi connectivity index (χ3v) is 5.17. The van der Waals surface area contributed by atoms with E-state index >= 15 is 0 Å². The SMILES string of the molecule is Cn1ccnc1Sc1ncnc2ccc(S(C)(=O)=O)cc12. The van der Waals surface area contributed by atoms with Crippen LogP contribution in [-0.2, 0) is 16.9 Å². The summed E-state index contributed by atoms with van der Waals surface area (Å²) in [6.45, 7) is 0. The highest BCUT2D eigenvalue weighted by atomic mass is 32.2. The first-order chi connectivity index (χ1) is 9.95. The van der Waals surface area contributed by atoms with Gasteiger partial charge in [-0.3, -0.25) is 0 Å². The first kappa shape index (κ1) is 14.0. The van der Waals surface area contributed by atoms with Crippen LogP contribution in [0, 0.1) is 0 Å². The van der Waals surface area contributed by atoms with Crippen LogP contribution in [0.2, 0.25) is 0 Å². The molecular weight excluding hydrogens is 308 g/mol. The molecule has 21 heavy (non-hydrogen) atoms. The summed E-state index contributed by atoms with van der Waals surface area (Å²) < 4.78 is 25.3. The topological polar surface area (TPSA) is 77.7 Å².